The van der Waals surface area contributed by atoms with Crippen molar-refractivity contribution in [3.05, 3.63) is 11.7 Å². The quantitative estimate of drug-likeness (QED) is 0.884. The molecule has 1 saturated heterocycles. The second-order valence-electron chi connectivity index (χ2n) is 6.39. The van der Waals surface area contributed by atoms with Gasteiger partial charge in [0.25, 0.3) is 0 Å². The predicted octanol–water partition coefficient (Wildman–Crippen LogP) is 4.10. The number of hydrogen-bond donors (Lipinski definition) is 1. The first-order chi connectivity index (χ1) is 9.93. The van der Waals surface area contributed by atoms with Crippen molar-refractivity contribution >= 4 is 0 Å². The van der Waals surface area contributed by atoms with E-state index in [2.05, 4.69) is 10.5 Å². The second-order valence-corrected chi connectivity index (χ2v) is 6.39. The molecule has 1 unspecified atom stereocenters. The number of nitrogens with one attached hydrogen (secondary N) is 1. The van der Waals surface area contributed by atoms with Crippen LogP contribution in [0.3, 0.4) is 0 Å². The van der Waals surface area contributed by atoms with Gasteiger partial charge in [-0.05, 0) is 32.2 Å². The number of hydrogen-bond acceptors (Lipinski definition) is 4. The van der Waals surface area contributed by atoms with Crippen molar-refractivity contribution in [1.82, 2.24) is 15.5 Å². The molecule has 20 heavy (non-hydrogen) atoms. The Morgan fingerprint density at radius 2 is 1.55 bits per heavy atom. The first kappa shape index (κ1) is 14.1. The van der Waals surface area contributed by atoms with Gasteiger partial charge in [0.15, 0.2) is 5.82 Å². The summed E-state index contributed by atoms with van der Waals surface area (Å²) in [5.41, 5.74) is 0. The van der Waals surface area contributed by atoms with Crippen LogP contribution in [-0.2, 0) is 0 Å². The molecule has 1 N–H and O–H groups in total. The lowest BCUT2D eigenvalue weighted by molar-refractivity contribution is 0.320. The van der Waals surface area contributed by atoms with E-state index in [0.29, 0.717) is 5.92 Å². The van der Waals surface area contributed by atoms with Gasteiger partial charge in [0.05, 0.1) is 6.04 Å². The minimum absolute atomic E-state index is 0.285. The van der Waals surface area contributed by atoms with Crippen LogP contribution in [-0.4, -0.2) is 16.7 Å². The number of nitrogens with zero attached hydrogens (tertiary/aromatic N) is 2. The molecule has 2 heterocycles. The third-order valence-corrected chi connectivity index (χ3v) is 4.79. The van der Waals surface area contributed by atoms with Gasteiger partial charge in [-0.25, -0.2) is 0 Å². The summed E-state index contributed by atoms with van der Waals surface area (Å²) >= 11 is 0. The monoisotopic (exact) mass is 277 g/mol. The zero-order valence-electron chi connectivity index (χ0n) is 12.4. The van der Waals surface area contributed by atoms with E-state index < -0.39 is 0 Å². The summed E-state index contributed by atoms with van der Waals surface area (Å²) in [4.78, 5) is 4.73. The van der Waals surface area contributed by atoms with E-state index in [1.807, 2.05) is 0 Å². The highest BCUT2D eigenvalue weighted by atomic mass is 16.5. The molecule has 1 aliphatic heterocycles. The molecule has 2 aliphatic rings. The van der Waals surface area contributed by atoms with Crippen molar-refractivity contribution in [2.24, 2.45) is 0 Å². The normalized spacial score (nSPS) is 26.7. The van der Waals surface area contributed by atoms with Crippen molar-refractivity contribution in [2.45, 2.75) is 82.6 Å². The molecule has 1 aliphatic carbocycles. The van der Waals surface area contributed by atoms with Crippen molar-refractivity contribution in [2.75, 3.05) is 6.54 Å². The van der Waals surface area contributed by atoms with Crippen molar-refractivity contribution in [1.29, 1.82) is 0 Å². The van der Waals surface area contributed by atoms with E-state index in [1.54, 1.807) is 0 Å². The van der Waals surface area contributed by atoms with E-state index in [1.165, 1.54) is 64.2 Å². The standard InChI is InChI=1S/C16H27N3O/c1-2-5-9-13(10-6-3-1)15-18-16(20-19-15)14-11-7-4-8-12-17-14/h13-14,17H,1-12H2. The fourth-order valence-corrected chi connectivity index (χ4v) is 3.51. The molecule has 112 valence electrons. The van der Waals surface area contributed by atoms with Gasteiger partial charge in [0, 0.05) is 5.92 Å². The van der Waals surface area contributed by atoms with Crippen molar-refractivity contribution in [3.63, 3.8) is 0 Å². The summed E-state index contributed by atoms with van der Waals surface area (Å²) in [6.07, 6.45) is 14.2. The molecule has 4 nitrogen and oxygen atoms in total. The molecule has 2 fully saturated rings. The van der Waals surface area contributed by atoms with Crippen LogP contribution in [0, 0.1) is 0 Å². The molecule has 1 saturated carbocycles. The maximum Gasteiger partial charge on any atom is 0.243 e. The highest BCUT2D eigenvalue weighted by molar-refractivity contribution is 4.99. The van der Waals surface area contributed by atoms with Gasteiger partial charge in [-0.3, -0.25) is 0 Å². The molecule has 1 aromatic rings. The van der Waals surface area contributed by atoms with Crippen LogP contribution >= 0.6 is 0 Å². The molecular weight excluding hydrogens is 250 g/mol. The predicted molar refractivity (Wildman–Crippen MR) is 78.6 cm³/mol. The minimum Gasteiger partial charge on any atom is -0.338 e. The van der Waals surface area contributed by atoms with Gasteiger partial charge in [-0.15, -0.1) is 0 Å². The van der Waals surface area contributed by atoms with Gasteiger partial charge in [0.1, 0.15) is 0 Å². The smallest absolute Gasteiger partial charge is 0.243 e. The number of rotatable bonds is 2. The maximum absolute atomic E-state index is 5.56. The summed E-state index contributed by atoms with van der Waals surface area (Å²) in [7, 11) is 0. The average molecular weight is 277 g/mol. The van der Waals surface area contributed by atoms with E-state index in [-0.39, 0.29) is 6.04 Å². The van der Waals surface area contributed by atoms with Crippen LogP contribution in [0.2, 0.25) is 0 Å². The van der Waals surface area contributed by atoms with Gasteiger partial charge >= 0.3 is 0 Å². The van der Waals surface area contributed by atoms with Crippen LogP contribution in [0.5, 0.6) is 0 Å². The lowest BCUT2D eigenvalue weighted by Gasteiger charge is -2.16. The Kier molecular flexibility index (Phi) is 5.06. The van der Waals surface area contributed by atoms with Crippen LogP contribution in [0.25, 0.3) is 0 Å². The van der Waals surface area contributed by atoms with Crippen LogP contribution in [0.15, 0.2) is 4.52 Å². The SMILES string of the molecule is C1CCCC(c2noc(C3CCCCCN3)n2)CCC1. The molecule has 0 amide bonds. The minimum atomic E-state index is 0.285. The third kappa shape index (κ3) is 3.60. The van der Waals surface area contributed by atoms with Gasteiger partial charge < -0.3 is 9.84 Å². The molecule has 0 aromatic carbocycles. The summed E-state index contributed by atoms with van der Waals surface area (Å²) in [6, 6.07) is 0.285. The average Bonchev–Trinajstić information content (AvgIpc) is 2.74. The summed E-state index contributed by atoms with van der Waals surface area (Å²) in [5.74, 6) is 2.32. The maximum atomic E-state index is 5.56. The Morgan fingerprint density at radius 1 is 0.850 bits per heavy atom. The lowest BCUT2D eigenvalue weighted by Crippen LogP contribution is -2.20. The Balaban J connectivity index is 1.65. The van der Waals surface area contributed by atoms with Gasteiger partial charge in [-0.1, -0.05) is 50.1 Å². The van der Waals surface area contributed by atoms with Crippen LogP contribution in [0.4, 0.5) is 0 Å². The zero-order chi connectivity index (χ0) is 13.6. The van der Waals surface area contributed by atoms with Gasteiger partial charge in [0.2, 0.25) is 5.89 Å². The summed E-state index contributed by atoms with van der Waals surface area (Å²) < 4.78 is 5.56. The van der Waals surface area contributed by atoms with E-state index in [0.717, 1.165) is 24.7 Å². The topological polar surface area (TPSA) is 51.0 Å². The van der Waals surface area contributed by atoms with Gasteiger partial charge in [-0.2, -0.15) is 4.98 Å². The Hall–Kier alpha value is -0.900. The van der Waals surface area contributed by atoms with Crippen molar-refractivity contribution < 1.29 is 4.52 Å². The zero-order valence-corrected chi connectivity index (χ0v) is 12.4. The highest BCUT2D eigenvalue weighted by Gasteiger charge is 2.23. The fourth-order valence-electron chi connectivity index (χ4n) is 3.51. The molecule has 0 spiro atoms. The van der Waals surface area contributed by atoms with E-state index >= 15 is 0 Å². The third-order valence-electron chi connectivity index (χ3n) is 4.79. The Labute approximate surface area is 121 Å². The van der Waals surface area contributed by atoms with E-state index in [9.17, 15) is 0 Å². The van der Waals surface area contributed by atoms with Crippen LogP contribution < -0.4 is 5.32 Å². The Morgan fingerprint density at radius 3 is 2.40 bits per heavy atom. The molecule has 1 aromatic heterocycles. The molecule has 0 radical (unpaired) electrons. The largest absolute Gasteiger partial charge is 0.338 e. The van der Waals surface area contributed by atoms with E-state index in [4.69, 9.17) is 9.51 Å². The first-order valence-corrected chi connectivity index (χ1v) is 8.50. The molecule has 4 heteroatoms. The summed E-state index contributed by atoms with van der Waals surface area (Å²) in [5, 5.41) is 7.83. The Bertz CT molecular complexity index is 388. The molecule has 3 rings (SSSR count). The molecular formula is C16H27N3O. The highest BCUT2D eigenvalue weighted by Crippen LogP contribution is 2.30. The lowest BCUT2D eigenvalue weighted by atomic mass is 9.91. The molecule has 1 atom stereocenters. The fraction of sp³-hybridized carbons (Fsp3) is 0.875. The molecule has 0 bridgehead atoms. The first-order valence-electron chi connectivity index (χ1n) is 8.50. The second kappa shape index (κ2) is 7.21. The number of aromatic nitrogens is 2. The summed E-state index contributed by atoms with van der Waals surface area (Å²) in [6.45, 7) is 1.08. The van der Waals surface area contributed by atoms with Crippen molar-refractivity contribution in [3.8, 4) is 0 Å². The van der Waals surface area contributed by atoms with Crippen LogP contribution in [0.1, 0.15) is 94.3 Å².